The van der Waals surface area contributed by atoms with Crippen molar-refractivity contribution in [1.82, 2.24) is 24.7 Å². The third kappa shape index (κ3) is 2.06. The van der Waals surface area contributed by atoms with Crippen molar-refractivity contribution in [3.63, 3.8) is 0 Å². The first-order chi connectivity index (χ1) is 10.7. The maximum atomic E-state index is 6.27. The standard InChI is InChI=1S/C15H9Cl2N5/c16-9-4-3-5-10(17)13(9)22-8-18-21-15(22)14-19-11-6-1-2-7-12(11)20-14/h1-8H,(H,19,20). The molecule has 2 heterocycles. The van der Waals surface area contributed by atoms with Crippen LogP contribution in [0.2, 0.25) is 10.0 Å². The molecule has 0 aliphatic carbocycles. The van der Waals surface area contributed by atoms with Gasteiger partial charge in [0.1, 0.15) is 6.33 Å². The van der Waals surface area contributed by atoms with Gasteiger partial charge in [-0.15, -0.1) is 10.2 Å². The highest BCUT2D eigenvalue weighted by Gasteiger charge is 2.17. The third-order valence-corrected chi connectivity index (χ3v) is 3.94. The number of H-pyrrole nitrogens is 1. The molecule has 2 aromatic carbocycles. The summed E-state index contributed by atoms with van der Waals surface area (Å²) in [5.74, 6) is 1.15. The van der Waals surface area contributed by atoms with Crippen molar-refractivity contribution >= 4 is 34.2 Å². The van der Waals surface area contributed by atoms with Gasteiger partial charge in [0.2, 0.25) is 5.82 Å². The molecule has 7 heteroatoms. The van der Waals surface area contributed by atoms with Crippen molar-refractivity contribution in [2.75, 3.05) is 0 Å². The number of para-hydroxylation sites is 3. The van der Waals surface area contributed by atoms with Crippen molar-refractivity contribution in [1.29, 1.82) is 0 Å². The highest BCUT2D eigenvalue weighted by molar-refractivity contribution is 6.37. The Kier molecular flexibility index (Phi) is 3.10. The van der Waals surface area contributed by atoms with Gasteiger partial charge in [-0.1, -0.05) is 41.4 Å². The molecule has 0 unspecified atom stereocenters. The second-order valence-electron chi connectivity index (χ2n) is 4.70. The van der Waals surface area contributed by atoms with Crippen LogP contribution in [0.1, 0.15) is 0 Å². The normalized spacial score (nSPS) is 11.2. The second-order valence-corrected chi connectivity index (χ2v) is 5.51. The van der Waals surface area contributed by atoms with Crippen molar-refractivity contribution in [3.05, 3.63) is 58.8 Å². The molecular formula is C15H9Cl2N5. The Morgan fingerprint density at radius 3 is 2.50 bits per heavy atom. The van der Waals surface area contributed by atoms with E-state index in [1.807, 2.05) is 24.3 Å². The lowest BCUT2D eigenvalue weighted by Gasteiger charge is -2.09. The van der Waals surface area contributed by atoms with E-state index in [9.17, 15) is 0 Å². The van der Waals surface area contributed by atoms with Crippen molar-refractivity contribution in [2.45, 2.75) is 0 Å². The average Bonchev–Trinajstić information content (AvgIpc) is 3.13. The zero-order valence-corrected chi connectivity index (χ0v) is 12.7. The smallest absolute Gasteiger partial charge is 0.204 e. The molecule has 0 bridgehead atoms. The summed E-state index contributed by atoms with van der Waals surface area (Å²) in [7, 11) is 0. The van der Waals surface area contributed by atoms with Gasteiger partial charge < -0.3 is 4.98 Å². The van der Waals surface area contributed by atoms with Crippen LogP contribution in [0.5, 0.6) is 0 Å². The zero-order valence-electron chi connectivity index (χ0n) is 11.2. The van der Waals surface area contributed by atoms with E-state index in [1.54, 1.807) is 29.1 Å². The Morgan fingerprint density at radius 2 is 1.73 bits per heavy atom. The first-order valence-electron chi connectivity index (χ1n) is 6.53. The molecule has 0 aliphatic rings. The third-order valence-electron chi connectivity index (χ3n) is 3.33. The summed E-state index contributed by atoms with van der Waals surface area (Å²) in [4.78, 5) is 7.76. The van der Waals surface area contributed by atoms with E-state index in [-0.39, 0.29) is 0 Å². The molecule has 22 heavy (non-hydrogen) atoms. The lowest BCUT2D eigenvalue weighted by molar-refractivity contribution is 1.04. The summed E-state index contributed by atoms with van der Waals surface area (Å²) in [6.07, 6.45) is 1.57. The summed E-state index contributed by atoms with van der Waals surface area (Å²) >= 11 is 12.5. The average molecular weight is 330 g/mol. The molecule has 0 aliphatic heterocycles. The van der Waals surface area contributed by atoms with Gasteiger partial charge in [-0.05, 0) is 24.3 Å². The predicted molar refractivity (Wildman–Crippen MR) is 86.5 cm³/mol. The van der Waals surface area contributed by atoms with Crippen LogP contribution in [0.3, 0.4) is 0 Å². The zero-order chi connectivity index (χ0) is 15.1. The fraction of sp³-hybridized carbons (Fsp3) is 0. The van der Waals surface area contributed by atoms with Crippen LogP contribution in [-0.2, 0) is 0 Å². The van der Waals surface area contributed by atoms with E-state index < -0.39 is 0 Å². The van der Waals surface area contributed by atoms with Crippen molar-refractivity contribution in [2.24, 2.45) is 0 Å². The minimum Gasteiger partial charge on any atom is -0.335 e. The summed E-state index contributed by atoms with van der Waals surface area (Å²) in [6.45, 7) is 0. The maximum absolute atomic E-state index is 6.27. The molecule has 0 saturated heterocycles. The SMILES string of the molecule is Clc1cccc(Cl)c1-n1cnnc1-c1nc2ccccc2[nH]1. The minimum atomic E-state index is 0.518. The fourth-order valence-corrected chi connectivity index (χ4v) is 2.92. The summed E-state index contributed by atoms with van der Waals surface area (Å²) in [6, 6.07) is 13.1. The summed E-state index contributed by atoms with van der Waals surface area (Å²) in [5.41, 5.74) is 2.42. The number of nitrogens with one attached hydrogen (secondary N) is 1. The Labute approximate surface area is 135 Å². The fourth-order valence-electron chi connectivity index (χ4n) is 2.34. The number of benzene rings is 2. The number of halogens is 2. The van der Waals surface area contributed by atoms with Gasteiger partial charge >= 0.3 is 0 Å². The topological polar surface area (TPSA) is 59.4 Å². The van der Waals surface area contributed by atoms with Crippen LogP contribution in [0.25, 0.3) is 28.4 Å². The molecule has 0 amide bonds. The lowest BCUT2D eigenvalue weighted by Crippen LogP contribution is -1.99. The number of imidazole rings is 1. The summed E-state index contributed by atoms with van der Waals surface area (Å²) in [5, 5.41) is 9.14. The molecule has 108 valence electrons. The molecule has 0 fully saturated rings. The van der Waals surface area contributed by atoms with Gasteiger partial charge in [-0.2, -0.15) is 0 Å². The molecule has 1 N–H and O–H groups in total. The van der Waals surface area contributed by atoms with Gasteiger partial charge in [0.25, 0.3) is 0 Å². The van der Waals surface area contributed by atoms with Gasteiger partial charge in [0.15, 0.2) is 5.82 Å². The van der Waals surface area contributed by atoms with Crippen LogP contribution in [0.15, 0.2) is 48.8 Å². The Bertz CT molecular complexity index is 920. The molecule has 4 rings (SSSR count). The quantitative estimate of drug-likeness (QED) is 0.601. The highest BCUT2D eigenvalue weighted by atomic mass is 35.5. The minimum absolute atomic E-state index is 0.518. The van der Waals surface area contributed by atoms with Gasteiger partial charge in [-0.25, -0.2) is 4.98 Å². The van der Waals surface area contributed by atoms with Crippen LogP contribution in [-0.4, -0.2) is 24.7 Å². The van der Waals surface area contributed by atoms with E-state index in [1.165, 1.54) is 0 Å². The van der Waals surface area contributed by atoms with E-state index in [2.05, 4.69) is 20.2 Å². The molecular weight excluding hydrogens is 321 g/mol. The largest absolute Gasteiger partial charge is 0.335 e. The second kappa shape index (κ2) is 5.12. The number of fused-ring (bicyclic) bond motifs is 1. The maximum Gasteiger partial charge on any atom is 0.204 e. The van der Waals surface area contributed by atoms with Crippen molar-refractivity contribution in [3.8, 4) is 17.3 Å². The van der Waals surface area contributed by atoms with E-state index >= 15 is 0 Å². The number of hydrogen-bond acceptors (Lipinski definition) is 3. The van der Waals surface area contributed by atoms with Gasteiger partial charge in [0, 0.05) is 0 Å². The first kappa shape index (κ1) is 13.3. The Hall–Kier alpha value is -2.37. The molecule has 4 aromatic rings. The Morgan fingerprint density at radius 1 is 0.955 bits per heavy atom. The van der Waals surface area contributed by atoms with Crippen molar-refractivity contribution < 1.29 is 0 Å². The number of rotatable bonds is 2. The molecule has 0 radical (unpaired) electrons. The molecule has 0 spiro atoms. The highest BCUT2D eigenvalue weighted by Crippen LogP contribution is 2.31. The summed E-state index contributed by atoms with van der Waals surface area (Å²) < 4.78 is 1.72. The molecule has 0 atom stereocenters. The molecule has 2 aromatic heterocycles. The van der Waals surface area contributed by atoms with Crippen LogP contribution < -0.4 is 0 Å². The monoisotopic (exact) mass is 329 g/mol. The number of hydrogen-bond donors (Lipinski definition) is 1. The van der Waals surface area contributed by atoms with Gasteiger partial charge in [0.05, 0.1) is 26.8 Å². The van der Waals surface area contributed by atoms with Gasteiger partial charge in [-0.3, -0.25) is 4.57 Å². The molecule has 0 saturated carbocycles. The molecule has 5 nitrogen and oxygen atoms in total. The number of aromatic nitrogens is 5. The van der Waals surface area contributed by atoms with E-state index in [0.717, 1.165) is 11.0 Å². The lowest BCUT2D eigenvalue weighted by atomic mass is 10.3. The van der Waals surface area contributed by atoms with Crippen LogP contribution >= 0.6 is 23.2 Å². The Balaban J connectivity index is 1.93. The predicted octanol–water partition coefficient (Wildman–Crippen LogP) is 4.12. The number of nitrogens with zero attached hydrogens (tertiary/aromatic N) is 4. The van der Waals surface area contributed by atoms with Crippen LogP contribution in [0, 0.1) is 0 Å². The van der Waals surface area contributed by atoms with E-state index in [0.29, 0.717) is 27.4 Å². The van der Waals surface area contributed by atoms with E-state index in [4.69, 9.17) is 23.2 Å². The first-order valence-corrected chi connectivity index (χ1v) is 7.29. The number of aromatic amines is 1. The van der Waals surface area contributed by atoms with Crippen LogP contribution in [0.4, 0.5) is 0 Å².